The fraction of sp³-hybridized carbons (Fsp3) is 0.0455. The Kier molecular flexibility index (Phi) is 6.75. The molecular formula is C44H30N8. The van der Waals surface area contributed by atoms with Crippen molar-refractivity contribution >= 4 is 76.3 Å². The maximum Gasteiger partial charge on any atom is 0.199 e. The molecule has 0 amide bonds. The van der Waals surface area contributed by atoms with E-state index in [0.717, 1.165) is 38.6 Å². The average molecular weight is 671 g/mol. The number of rotatable bonds is 3. The first kappa shape index (κ1) is 29.8. The number of nitrogens with zero attached hydrogens (tertiary/aromatic N) is 8. The van der Waals surface area contributed by atoms with Gasteiger partial charge in [0.15, 0.2) is 17.3 Å². The number of fused-ring (bicyclic) bond motifs is 12. The molecular weight excluding hydrogens is 641 g/mol. The third-order valence-corrected chi connectivity index (χ3v) is 9.77. The summed E-state index contributed by atoms with van der Waals surface area (Å²) in [6.07, 6.45) is 8.62. The first-order valence-corrected chi connectivity index (χ1v) is 17.4. The van der Waals surface area contributed by atoms with Gasteiger partial charge < -0.3 is 9.13 Å². The molecule has 8 heteroatoms. The molecule has 0 atom stereocenters. The second-order valence-corrected chi connectivity index (χ2v) is 12.5. The number of benzene rings is 6. The molecule has 11 rings (SSSR count). The van der Waals surface area contributed by atoms with Crippen molar-refractivity contribution in [1.29, 1.82) is 0 Å². The molecule has 246 valence electrons. The summed E-state index contributed by atoms with van der Waals surface area (Å²) in [4.78, 5) is 27.3. The summed E-state index contributed by atoms with van der Waals surface area (Å²) in [5.41, 5.74) is 7.63. The van der Waals surface area contributed by atoms with Crippen LogP contribution in [0.1, 0.15) is 13.8 Å². The molecule has 0 aliphatic heterocycles. The van der Waals surface area contributed by atoms with E-state index in [1.165, 1.54) is 38.0 Å². The van der Waals surface area contributed by atoms with E-state index < -0.39 is 0 Å². The van der Waals surface area contributed by atoms with Gasteiger partial charge in [0.1, 0.15) is 5.52 Å². The van der Waals surface area contributed by atoms with Crippen molar-refractivity contribution in [2.45, 2.75) is 13.8 Å². The Morgan fingerprint density at radius 2 is 1.02 bits per heavy atom. The lowest BCUT2D eigenvalue weighted by Gasteiger charge is -2.11. The highest BCUT2D eigenvalue weighted by molar-refractivity contribution is 6.30. The smallest absolute Gasteiger partial charge is 0.199 e. The number of hydrogen-bond donors (Lipinski definition) is 0. The molecule has 0 saturated carbocycles. The van der Waals surface area contributed by atoms with Crippen LogP contribution >= 0.6 is 0 Å². The van der Waals surface area contributed by atoms with E-state index in [9.17, 15) is 0 Å². The Balaban J connectivity index is 0.00000166. The monoisotopic (exact) mass is 670 g/mol. The van der Waals surface area contributed by atoms with E-state index in [1.807, 2.05) is 26.2 Å². The number of hydrogen-bond acceptors (Lipinski definition) is 6. The van der Waals surface area contributed by atoms with Crippen LogP contribution in [-0.2, 0) is 0 Å². The van der Waals surface area contributed by atoms with Gasteiger partial charge in [-0.1, -0.05) is 111 Å². The Labute approximate surface area is 297 Å². The molecule has 0 unspecified atom stereocenters. The van der Waals surface area contributed by atoms with E-state index in [0.29, 0.717) is 22.8 Å². The van der Waals surface area contributed by atoms with Crippen LogP contribution in [0.25, 0.3) is 99.3 Å². The summed E-state index contributed by atoms with van der Waals surface area (Å²) in [5.74, 6) is 0.823. The SMILES string of the molecule is CC.c1ccc(-n2c3c4ccccc4ccc3c3ccc4c(c5ccc6ccccc6c5n4-c4cnc(-c5ncc6nccnc6n5)nc4)c32)cc1. The van der Waals surface area contributed by atoms with Crippen LogP contribution in [0.2, 0.25) is 0 Å². The highest BCUT2D eigenvalue weighted by atomic mass is 15.1. The summed E-state index contributed by atoms with van der Waals surface area (Å²) < 4.78 is 4.75. The topological polar surface area (TPSA) is 87.2 Å². The zero-order valence-electron chi connectivity index (χ0n) is 28.4. The molecule has 6 aromatic carbocycles. The largest absolute Gasteiger partial charge is 0.308 e. The van der Waals surface area contributed by atoms with E-state index in [2.05, 4.69) is 144 Å². The van der Waals surface area contributed by atoms with Gasteiger partial charge in [0.25, 0.3) is 0 Å². The van der Waals surface area contributed by atoms with Crippen molar-refractivity contribution in [3.63, 3.8) is 0 Å². The predicted octanol–water partition coefficient (Wildman–Crippen LogP) is 10.4. The molecule has 0 fully saturated rings. The van der Waals surface area contributed by atoms with E-state index >= 15 is 0 Å². The third-order valence-electron chi connectivity index (χ3n) is 9.77. The molecule has 0 saturated heterocycles. The molecule has 0 spiro atoms. The summed E-state index contributed by atoms with van der Waals surface area (Å²) in [6.45, 7) is 4.00. The minimum Gasteiger partial charge on any atom is -0.308 e. The molecule has 52 heavy (non-hydrogen) atoms. The minimum absolute atomic E-state index is 0.401. The Morgan fingerprint density at radius 3 is 1.77 bits per heavy atom. The normalized spacial score (nSPS) is 11.7. The highest BCUT2D eigenvalue weighted by Crippen LogP contribution is 2.45. The summed E-state index contributed by atoms with van der Waals surface area (Å²) in [6, 6.07) is 41.4. The maximum atomic E-state index is 4.79. The predicted molar refractivity (Wildman–Crippen MR) is 211 cm³/mol. The van der Waals surface area contributed by atoms with Crippen LogP contribution in [0.15, 0.2) is 146 Å². The van der Waals surface area contributed by atoms with Crippen LogP contribution < -0.4 is 0 Å². The number of aromatic nitrogens is 8. The Bertz CT molecular complexity index is 3140. The fourth-order valence-electron chi connectivity index (χ4n) is 7.66. The standard InChI is InChI=1S/C42H24N8.C2H6/c1-2-10-27(11-3-1)50-37-29-12-6-4-8-25(29)14-16-31(37)32-18-19-35-36(39(32)50)33-17-15-26-9-5-7-13-30(26)38(33)49(35)28-22-45-41(46-23-28)42-47-24-34-40(48-42)44-21-20-43-34;1-2/h1-24H;1-2H3. The molecule has 0 bridgehead atoms. The Hall–Kier alpha value is -7.06. The minimum atomic E-state index is 0.401. The maximum absolute atomic E-state index is 4.79. The average Bonchev–Trinajstić information content (AvgIpc) is 3.75. The van der Waals surface area contributed by atoms with E-state index in [1.54, 1.807) is 18.6 Å². The molecule has 0 N–H and O–H groups in total. The first-order valence-electron chi connectivity index (χ1n) is 17.4. The van der Waals surface area contributed by atoms with Gasteiger partial charge in [-0.15, -0.1) is 0 Å². The zero-order valence-corrected chi connectivity index (χ0v) is 28.4. The van der Waals surface area contributed by atoms with Gasteiger partial charge in [0.05, 0.1) is 46.3 Å². The molecule has 0 aliphatic carbocycles. The van der Waals surface area contributed by atoms with Gasteiger partial charge in [0.2, 0.25) is 0 Å². The van der Waals surface area contributed by atoms with Crippen LogP contribution in [0.4, 0.5) is 0 Å². The van der Waals surface area contributed by atoms with E-state index in [-0.39, 0.29) is 0 Å². The van der Waals surface area contributed by atoms with Gasteiger partial charge in [-0.3, -0.25) is 0 Å². The molecule has 5 aromatic heterocycles. The molecule has 8 nitrogen and oxygen atoms in total. The highest BCUT2D eigenvalue weighted by Gasteiger charge is 2.23. The third kappa shape index (κ3) is 4.34. The molecule has 0 aliphatic rings. The van der Waals surface area contributed by atoms with Crippen molar-refractivity contribution in [3.8, 4) is 23.0 Å². The van der Waals surface area contributed by atoms with Gasteiger partial charge in [-0.05, 0) is 29.0 Å². The lowest BCUT2D eigenvalue weighted by atomic mass is 10.0. The van der Waals surface area contributed by atoms with Crippen LogP contribution in [-0.4, -0.2) is 39.0 Å². The van der Waals surface area contributed by atoms with Crippen molar-refractivity contribution in [2.24, 2.45) is 0 Å². The lowest BCUT2D eigenvalue weighted by Crippen LogP contribution is -2.01. The second-order valence-electron chi connectivity index (χ2n) is 12.5. The van der Waals surface area contributed by atoms with Crippen molar-refractivity contribution in [1.82, 2.24) is 39.0 Å². The fourth-order valence-corrected chi connectivity index (χ4v) is 7.66. The second kappa shape index (κ2) is 11.8. The number of para-hydroxylation sites is 1. The van der Waals surface area contributed by atoms with Gasteiger partial charge in [0, 0.05) is 50.4 Å². The van der Waals surface area contributed by atoms with Crippen LogP contribution in [0.5, 0.6) is 0 Å². The van der Waals surface area contributed by atoms with Crippen molar-refractivity contribution < 1.29 is 0 Å². The summed E-state index contributed by atoms with van der Waals surface area (Å²) >= 11 is 0. The molecule has 5 heterocycles. The van der Waals surface area contributed by atoms with Gasteiger partial charge in [-0.2, -0.15) is 0 Å². The lowest BCUT2D eigenvalue weighted by molar-refractivity contribution is 1.04. The molecule has 0 radical (unpaired) electrons. The van der Waals surface area contributed by atoms with E-state index in [4.69, 9.17) is 9.97 Å². The first-order chi connectivity index (χ1) is 25.8. The summed E-state index contributed by atoms with van der Waals surface area (Å²) in [5, 5.41) is 9.52. The Morgan fingerprint density at radius 1 is 0.423 bits per heavy atom. The van der Waals surface area contributed by atoms with Crippen molar-refractivity contribution in [2.75, 3.05) is 0 Å². The van der Waals surface area contributed by atoms with Gasteiger partial charge >= 0.3 is 0 Å². The van der Waals surface area contributed by atoms with Gasteiger partial charge in [-0.25, -0.2) is 29.9 Å². The molecule has 11 aromatic rings. The summed E-state index contributed by atoms with van der Waals surface area (Å²) in [7, 11) is 0. The quantitative estimate of drug-likeness (QED) is 0.186. The van der Waals surface area contributed by atoms with Crippen LogP contribution in [0, 0.1) is 0 Å². The van der Waals surface area contributed by atoms with Crippen molar-refractivity contribution in [3.05, 3.63) is 146 Å². The zero-order chi connectivity index (χ0) is 34.8. The van der Waals surface area contributed by atoms with Crippen LogP contribution in [0.3, 0.4) is 0 Å².